The minimum atomic E-state index is 0.512. The van der Waals surface area contributed by atoms with Gasteiger partial charge in [-0.15, -0.1) is 0 Å². The van der Waals surface area contributed by atoms with E-state index in [1.165, 1.54) is 6.33 Å². The van der Waals surface area contributed by atoms with E-state index >= 15 is 0 Å². The van der Waals surface area contributed by atoms with Crippen molar-refractivity contribution in [2.75, 3.05) is 18.1 Å². The van der Waals surface area contributed by atoms with Gasteiger partial charge in [-0.25, -0.2) is 29.9 Å². The molecule has 4 aromatic rings. The fourth-order valence-electron chi connectivity index (χ4n) is 2.96. The SMILES string of the molecule is Cc1cccc(-c2ncc3c(n2)N(c2ncnc4nc[nH]c24)CCO3)n1. The van der Waals surface area contributed by atoms with Crippen molar-refractivity contribution < 1.29 is 4.74 Å². The number of imidazole rings is 1. The highest BCUT2D eigenvalue weighted by atomic mass is 16.5. The number of aromatic amines is 1. The Hall–Kier alpha value is -3.62. The third-order valence-electron chi connectivity index (χ3n) is 4.14. The van der Waals surface area contributed by atoms with Gasteiger partial charge in [0.1, 0.15) is 24.1 Å². The molecule has 0 aromatic carbocycles. The van der Waals surface area contributed by atoms with E-state index in [-0.39, 0.29) is 0 Å². The van der Waals surface area contributed by atoms with Crippen LogP contribution >= 0.6 is 0 Å². The summed E-state index contributed by atoms with van der Waals surface area (Å²) in [5.74, 6) is 2.51. The third kappa shape index (κ3) is 2.32. The highest BCUT2D eigenvalue weighted by Crippen LogP contribution is 2.36. The van der Waals surface area contributed by atoms with Crippen molar-refractivity contribution in [1.82, 2.24) is 34.9 Å². The normalized spacial score (nSPS) is 13.5. The van der Waals surface area contributed by atoms with Crippen molar-refractivity contribution in [2.45, 2.75) is 6.92 Å². The Balaban J connectivity index is 1.66. The van der Waals surface area contributed by atoms with Crippen LogP contribution in [-0.4, -0.2) is 48.0 Å². The number of rotatable bonds is 2. The van der Waals surface area contributed by atoms with Gasteiger partial charge in [0.05, 0.1) is 19.1 Å². The van der Waals surface area contributed by atoms with Crippen LogP contribution in [-0.2, 0) is 0 Å². The van der Waals surface area contributed by atoms with Crippen LogP contribution in [0, 0.1) is 6.92 Å². The lowest BCUT2D eigenvalue weighted by Gasteiger charge is -2.29. The molecule has 0 saturated carbocycles. The molecule has 0 amide bonds. The zero-order valence-corrected chi connectivity index (χ0v) is 13.9. The quantitative estimate of drug-likeness (QED) is 0.588. The van der Waals surface area contributed by atoms with Gasteiger partial charge in [-0.1, -0.05) is 6.07 Å². The summed E-state index contributed by atoms with van der Waals surface area (Å²) < 4.78 is 5.73. The zero-order chi connectivity index (χ0) is 17.5. The molecule has 0 saturated heterocycles. The second-order valence-electron chi connectivity index (χ2n) is 5.84. The van der Waals surface area contributed by atoms with Gasteiger partial charge < -0.3 is 14.6 Å². The topological polar surface area (TPSA) is 106 Å². The fraction of sp³-hybridized carbons (Fsp3) is 0.176. The van der Waals surface area contributed by atoms with Crippen LogP contribution in [0.4, 0.5) is 11.6 Å². The van der Waals surface area contributed by atoms with Crippen LogP contribution in [0.1, 0.15) is 5.69 Å². The molecule has 1 N–H and O–H groups in total. The summed E-state index contributed by atoms with van der Waals surface area (Å²) in [7, 11) is 0. The maximum Gasteiger partial charge on any atom is 0.182 e. The van der Waals surface area contributed by atoms with Gasteiger partial charge in [-0.2, -0.15) is 0 Å². The lowest BCUT2D eigenvalue weighted by molar-refractivity contribution is 0.310. The second-order valence-corrected chi connectivity index (χ2v) is 5.84. The Kier molecular flexibility index (Phi) is 3.24. The van der Waals surface area contributed by atoms with Gasteiger partial charge in [0.2, 0.25) is 0 Å². The molecule has 1 aliphatic rings. The first-order chi connectivity index (χ1) is 12.8. The first-order valence-corrected chi connectivity index (χ1v) is 8.15. The van der Waals surface area contributed by atoms with Crippen molar-refractivity contribution in [2.24, 2.45) is 0 Å². The summed E-state index contributed by atoms with van der Waals surface area (Å²) in [6.07, 6.45) is 4.78. The molecule has 0 spiro atoms. The lowest BCUT2D eigenvalue weighted by atomic mass is 10.3. The van der Waals surface area contributed by atoms with Gasteiger partial charge in [-0.3, -0.25) is 0 Å². The summed E-state index contributed by atoms with van der Waals surface area (Å²) in [6.45, 7) is 3.06. The molecule has 9 heteroatoms. The van der Waals surface area contributed by atoms with Crippen LogP contribution in [0.15, 0.2) is 37.1 Å². The Morgan fingerprint density at radius 1 is 1.08 bits per heavy atom. The molecule has 5 rings (SSSR count). The van der Waals surface area contributed by atoms with Gasteiger partial charge in [0.15, 0.2) is 28.9 Å². The predicted octanol–water partition coefficient (Wildman–Crippen LogP) is 2.04. The largest absolute Gasteiger partial charge is 0.486 e. The van der Waals surface area contributed by atoms with E-state index in [2.05, 4.69) is 29.9 Å². The second kappa shape index (κ2) is 5.73. The minimum absolute atomic E-state index is 0.512. The maximum absolute atomic E-state index is 5.73. The zero-order valence-electron chi connectivity index (χ0n) is 13.9. The van der Waals surface area contributed by atoms with Crippen LogP contribution in [0.5, 0.6) is 5.75 Å². The molecule has 0 fully saturated rings. The maximum atomic E-state index is 5.73. The number of anilines is 2. The van der Waals surface area contributed by atoms with Crippen LogP contribution in [0.2, 0.25) is 0 Å². The molecular weight excluding hydrogens is 332 g/mol. The highest BCUT2D eigenvalue weighted by Gasteiger charge is 2.26. The Bertz CT molecular complexity index is 1110. The number of nitrogens with one attached hydrogen (secondary N) is 1. The van der Waals surface area contributed by atoms with E-state index in [1.54, 1.807) is 12.5 Å². The first-order valence-electron chi connectivity index (χ1n) is 8.15. The van der Waals surface area contributed by atoms with E-state index in [1.807, 2.05) is 30.0 Å². The number of pyridine rings is 1. The van der Waals surface area contributed by atoms with Crippen molar-refractivity contribution >= 4 is 22.8 Å². The Morgan fingerprint density at radius 2 is 2.04 bits per heavy atom. The van der Waals surface area contributed by atoms with E-state index in [0.717, 1.165) is 11.2 Å². The van der Waals surface area contributed by atoms with Crippen LogP contribution in [0.3, 0.4) is 0 Å². The monoisotopic (exact) mass is 346 g/mol. The van der Waals surface area contributed by atoms with Crippen molar-refractivity contribution in [3.63, 3.8) is 0 Å². The molecule has 9 nitrogen and oxygen atoms in total. The molecule has 0 unspecified atom stereocenters. The predicted molar refractivity (Wildman–Crippen MR) is 94.2 cm³/mol. The smallest absolute Gasteiger partial charge is 0.182 e. The van der Waals surface area contributed by atoms with E-state index in [0.29, 0.717) is 47.7 Å². The fourth-order valence-corrected chi connectivity index (χ4v) is 2.96. The number of hydrogen-bond donors (Lipinski definition) is 1. The molecule has 0 atom stereocenters. The molecule has 26 heavy (non-hydrogen) atoms. The number of hydrogen-bond acceptors (Lipinski definition) is 8. The van der Waals surface area contributed by atoms with Crippen molar-refractivity contribution in [3.05, 3.63) is 42.7 Å². The van der Waals surface area contributed by atoms with Crippen molar-refractivity contribution in [3.8, 4) is 17.3 Å². The van der Waals surface area contributed by atoms with Crippen LogP contribution in [0.25, 0.3) is 22.7 Å². The first kappa shape index (κ1) is 14.7. The number of nitrogens with zero attached hydrogens (tertiary/aromatic N) is 7. The average Bonchev–Trinajstić information content (AvgIpc) is 3.16. The molecule has 1 aliphatic heterocycles. The van der Waals surface area contributed by atoms with Gasteiger partial charge >= 0.3 is 0 Å². The summed E-state index contributed by atoms with van der Waals surface area (Å²) in [6, 6.07) is 5.76. The van der Waals surface area contributed by atoms with Gasteiger partial charge in [-0.05, 0) is 19.1 Å². The number of ether oxygens (including phenoxy) is 1. The van der Waals surface area contributed by atoms with Gasteiger partial charge in [0, 0.05) is 5.69 Å². The summed E-state index contributed by atoms with van der Waals surface area (Å²) in [4.78, 5) is 31.5. The average molecular weight is 346 g/mol. The molecule has 5 heterocycles. The Morgan fingerprint density at radius 3 is 2.96 bits per heavy atom. The molecule has 0 aliphatic carbocycles. The molecular formula is C17H14N8O. The molecule has 4 aromatic heterocycles. The summed E-state index contributed by atoms with van der Waals surface area (Å²) in [5, 5.41) is 0. The standard InChI is InChI=1S/C17H14N8O/c1-10-3-2-4-11(23-10)14-18-7-12-16(24-14)25(5-6-26-12)17-13-15(20-8-19-13)21-9-22-17/h2-4,7-9H,5-6H2,1H3,(H,19,20,21,22). The van der Waals surface area contributed by atoms with E-state index < -0.39 is 0 Å². The number of aromatic nitrogens is 7. The van der Waals surface area contributed by atoms with E-state index in [4.69, 9.17) is 9.72 Å². The molecule has 0 radical (unpaired) electrons. The lowest BCUT2D eigenvalue weighted by Crippen LogP contribution is -2.30. The highest BCUT2D eigenvalue weighted by molar-refractivity contribution is 5.86. The number of aryl methyl sites for hydroxylation is 1. The summed E-state index contributed by atoms with van der Waals surface area (Å²) >= 11 is 0. The Labute approximate surface area is 148 Å². The number of fused-ring (bicyclic) bond motifs is 2. The summed E-state index contributed by atoms with van der Waals surface area (Å²) in [5.41, 5.74) is 2.99. The number of H-pyrrole nitrogens is 1. The van der Waals surface area contributed by atoms with Crippen LogP contribution < -0.4 is 9.64 Å². The van der Waals surface area contributed by atoms with E-state index in [9.17, 15) is 0 Å². The minimum Gasteiger partial charge on any atom is -0.486 e. The third-order valence-corrected chi connectivity index (χ3v) is 4.14. The molecule has 0 bridgehead atoms. The van der Waals surface area contributed by atoms with Crippen molar-refractivity contribution in [1.29, 1.82) is 0 Å². The van der Waals surface area contributed by atoms with Gasteiger partial charge in [0.25, 0.3) is 0 Å². The molecule has 128 valence electrons.